The third-order valence-corrected chi connectivity index (χ3v) is 3.12. The summed E-state index contributed by atoms with van der Waals surface area (Å²) in [5.74, 6) is -1.54. The molecule has 0 aromatic heterocycles. The molecule has 2 atom stereocenters. The van der Waals surface area contributed by atoms with Crippen LogP contribution in [-0.2, 0) is 19.1 Å². The van der Waals surface area contributed by atoms with Gasteiger partial charge in [0.25, 0.3) is 5.91 Å². The monoisotopic (exact) mass is 280 g/mol. The van der Waals surface area contributed by atoms with E-state index in [0.717, 1.165) is 0 Å². The maximum atomic E-state index is 11.9. The van der Waals surface area contributed by atoms with E-state index >= 15 is 0 Å². The van der Waals surface area contributed by atoms with Crippen LogP contribution in [0, 0.1) is 11.8 Å². The molecule has 1 aliphatic rings. The minimum Gasteiger partial charge on any atom is -0.469 e. The summed E-state index contributed by atoms with van der Waals surface area (Å²) in [6.45, 7) is 7.60. The van der Waals surface area contributed by atoms with Gasteiger partial charge < -0.3 is 15.0 Å². The predicted molar refractivity (Wildman–Crippen MR) is 73.3 cm³/mol. The highest BCUT2D eigenvalue weighted by Gasteiger charge is 2.24. The second kappa shape index (κ2) is 6.88. The van der Waals surface area contributed by atoms with Crippen molar-refractivity contribution in [2.45, 2.75) is 13.8 Å². The van der Waals surface area contributed by atoms with Crippen molar-refractivity contribution < 1.29 is 19.1 Å². The zero-order valence-corrected chi connectivity index (χ0v) is 12.0. The summed E-state index contributed by atoms with van der Waals surface area (Å²) < 4.78 is 4.58. The molecule has 0 fully saturated rings. The van der Waals surface area contributed by atoms with Crippen LogP contribution in [0.1, 0.15) is 13.8 Å². The number of rotatable bonds is 6. The highest BCUT2D eigenvalue weighted by atomic mass is 16.5. The van der Waals surface area contributed by atoms with E-state index in [1.54, 1.807) is 19.9 Å². The first-order chi connectivity index (χ1) is 9.36. The lowest BCUT2D eigenvalue weighted by Gasteiger charge is -2.21. The van der Waals surface area contributed by atoms with Crippen LogP contribution in [0.4, 0.5) is 0 Å². The number of esters is 1. The summed E-state index contributed by atoms with van der Waals surface area (Å²) in [5.41, 5.74) is 0.581. The van der Waals surface area contributed by atoms with E-state index in [4.69, 9.17) is 0 Å². The number of methoxy groups -OCH3 is 1. The van der Waals surface area contributed by atoms with E-state index in [-0.39, 0.29) is 36.8 Å². The Morgan fingerprint density at radius 1 is 1.35 bits per heavy atom. The largest absolute Gasteiger partial charge is 0.469 e. The highest BCUT2D eigenvalue weighted by Crippen LogP contribution is 2.15. The summed E-state index contributed by atoms with van der Waals surface area (Å²) in [5, 5.41) is 2.67. The van der Waals surface area contributed by atoms with Crippen LogP contribution in [0.5, 0.6) is 0 Å². The maximum absolute atomic E-state index is 11.9. The summed E-state index contributed by atoms with van der Waals surface area (Å²) in [7, 11) is 1.31. The van der Waals surface area contributed by atoms with Gasteiger partial charge in [-0.15, -0.1) is 0 Å². The zero-order chi connectivity index (χ0) is 15.3. The average Bonchev–Trinajstić information content (AvgIpc) is 2.74. The molecule has 1 heterocycles. The van der Waals surface area contributed by atoms with Crippen LogP contribution in [0.15, 0.2) is 24.4 Å². The molecule has 20 heavy (non-hydrogen) atoms. The molecule has 0 saturated carbocycles. The first-order valence-corrected chi connectivity index (χ1v) is 6.40. The van der Waals surface area contributed by atoms with Gasteiger partial charge >= 0.3 is 5.97 Å². The Hall–Kier alpha value is -2.11. The lowest BCUT2D eigenvalue weighted by atomic mass is 10.1. The number of allylic oxidation sites excluding steroid dienone is 1. The number of nitrogens with zero attached hydrogens (tertiary/aromatic N) is 1. The van der Waals surface area contributed by atoms with E-state index in [1.807, 2.05) is 0 Å². The quantitative estimate of drug-likeness (QED) is 0.717. The normalized spacial score (nSPS) is 17.1. The number of hydrogen-bond donors (Lipinski definition) is 1. The Morgan fingerprint density at radius 2 is 2.00 bits per heavy atom. The molecule has 0 spiro atoms. The fourth-order valence-corrected chi connectivity index (χ4v) is 1.77. The standard InChI is InChI=1S/C14H20N2O4/c1-9(14(19)20-4)7-15-13(18)10(2)8-16-11(3)5-6-12(16)17/h5-6,9-10H,3,7-8H2,1-2,4H3,(H,15,18). The van der Waals surface area contributed by atoms with Gasteiger partial charge in [-0.3, -0.25) is 14.4 Å². The molecule has 2 amide bonds. The maximum Gasteiger partial charge on any atom is 0.310 e. The van der Waals surface area contributed by atoms with E-state index in [2.05, 4.69) is 16.6 Å². The Balaban J connectivity index is 2.42. The van der Waals surface area contributed by atoms with Crippen molar-refractivity contribution in [2.75, 3.05) is 20.2 Å². The molecule has 110 valence electrons. The minimum absolute atomic E-state index is 0.169. The number of carbonyl (C=O) groups excluding carboxylic acids is 3. The van der Waals surface area contributed by atoms with Gasteiger partial charge in [-0.1, -0.05) is 20.4 Å². The van der Waals surface area contributed by atoms with Crippen LogP contribution < -0.4 is 5.32 Å². The second-order valence-electron chi connectivity index (χ2n) is 4.84. The molecule has 6 heteroatoms. The van der Waals surface area contributed by atoms with Crippen LogP contribution in [-0.4, -0.2) is 42.9 Å². The van der Waals surface area contributed by atoms with Gasteiger partial charge in [0.1, 0.15) is 0 Å². The third kappa shape index (κ3) is 3.94. The fourth-order valence-electron chi connectivity index (χ4n) is 1.77. The van der Waals surface area contributed by atoms with E-state index in [0.29, 0.717) is 5.70 Å². The molecule has 0 aromatic carbocycles. The molecule has 1 rings (SSSR count). The van der Waals surface area contributed by atoms with Crippen LogP contribution in [0.25, 0.3) is 0 Å². The van der Waals surface area contributed by atoms with Gasteiger partial charge in [0.05, 0.1) is 18.9 Å². The van der Waals surface area contributed by atoms with Gasteiger partial charge in [-0.2, -0.15) is 0 Å². The second-order valence-corrected chi connectivity index (χ2v) is 4.84. The van der Waals surface area contributed by atoms with Gasteiger partial charge in [0.2, 0.25) is 5.91 Å². The molecule has 2 unspecified atom stereocenters. The number of carbonyl (C=O) groups is 3. The van der Waals surface area contributed by atoms with Gasteiger partial charge in [0.15, 0.2) is 0 Å². The van der Waals surface area contributed by atoms with Crippen molar-refractivity contribution in [1.29, 1.82) is 0 Å². The minimum atomic E-state index is -0.402. The SMILES string of the molecule is C=C1C=CC(=O)N1CC(C)C(=O)NCC(C)C(=O)OC. The topological polar surface area (TPSA) is 75.7 Å². The fraction of sp³-hybridized carbons (Fsp3) is 0.500. The van der Waals surface area contributed by atoms with E-state index in [1.165, 1.54) is 18.1 Å². The Morgan fingerprint density at radius 3 is 2.50 bits per heavy atom. The Labute approximate surface area is 118 Å². The van der Waals surface area contributed by atoms with Crippen molar-refractivity contribution in [3.8, 4) is 0 Å². The van der Waals surface area contributed by atoms with Crippen molar-refractivity contribution in [3.63, 3.8) is 0 Å². The number of amides is 2. The van der Waals surface area contributed by atoms with Crippen molar-refractivity contribution in [2.24, 2.45) is 11.8 Å². The summed E-state index contributed by atoms with van der Waals surface area (Å²) >= 11 is 0. The first kappa shape index (κ1) is 15.9. The average molecular weight is 280 g/mol. The van der Waals surface area contributed by atoms with Crippen LogP contribution >= 0.6 is 0 Å². The number of hydrogen-bond acceptors (Lipinski definition) is 4. The van der Waals surface area contributed by atoms with E-state index < -0.39 is 5.92 Å². The highest BCUT2D eigenvalue weighted by molar-refractivity contribution is 5.93. The van der Waals surface area contributed by atoms with Gasteiger partial charge in [-0.25, -0.2) is 0 Å². The lowest BCUT2D eigenvalue weighted by molar-refractivity contribution is -0.144. The zero-order valence-electron chi connectivity index (χ0n) is 12.0. The molecule has 0 saturated heterocycles. The molecule has 1 N–H and O–H groups in total. The smallest absolute Gasteiger partial charge is 0.310 e. The van der Waals surface area contributed by atoms with Gasteiger partial charge in [0, 0.05) is 24.9 Å². The van der Waals surface area contributed by atoms with Crippen molar-refractivity contribution >= 4 is 17.8 Å². The molecule has 6 nitrogen and oxygen atoms in total. The summed E-state index contributed by atoms with van der Waals surface area (Å²) in [4.78, 5) is 36.1. The first-order valence-electron chi connectivity index (χ1n) is 6.40. The number of ether oxygens (including phenoxy) is 1. The number of nitrogens with one attached hydrogen (secondary N) is 1. The molecule has 1 aliphatic heterocycles. The Bertz CT molecular complexity index is 438. The lowest BCUT2D eigenvalue weighted by Crippen LogP contribution is -2.40. The van der Waals surface area contributed by atoms with Gasteiger partial charge in [-0.05, 0) is 6.08 Å². The molecule has 0 bridgehead atoms. The Kier molecular flexibility index (Phi) is 5.49. The van der Waals surface area contributed by atoms with Crippen LogP contribution in [0.3, 0.4) is 0 Å². The molecule has 0 radical (unpaired) electrons. The summed E-state index contributed by atoms with van der Waals surface area (Å²) in [6.07, 6.45) is 3.04. The summed E-state index contributed by atoms with van der Waals surface area (Å²) in [6, 6.07) is 0. The predicted octanol–water partition coefficient (Wildman–Crippen LogP) is 0.460. The van der Waals surface area contributed by atoms with Crippen LogP contribution in [0.2, 0.25) is 0 Å². The molecule has 0 aliphatic carbocycles. The third-order valence-electron chi connectivity index (χ3n) is 3.12. The van der Waals surface area contributed by atoms with Crippen molar-refractivity contribution in [1.82, 2.24) is 10.2 Å². The van der Waals surface area contributed by atoms with Crippen molar-refractivity contribution in [3.05, 3.63) is 24.4 Å². The molecule has 0 aromatic rings. The molecular formula is C14H20N2O4. The van der Waals surface area contributed by atoms with E-state index in [9.17, 15) is 14.4 Å². The molecular weight excluding hydrogens is 260 g/mol.